The maximum absolute atomic E-state index is 9.72. The van der Waals surface area contributed by atoms with E-state index in [1.54, 1.807) is 0 Å². The summed E-state index contributed by atoms with van der Waals surface area (Å²) < 4.78 is 0. The Morgan fingerprint density at radius 3 is 1.56 bits per heavy atom. The zero-order valence-electron chi connectivity index (χ0n) is 8.15. The van der Waals surface area contributed by atoms with Gasteiger partial charge in [0, 0.05) is 12.4 Å². The lowest BCUT2D eigenvalue weighted by Crippen LogP contribution is -1.96. The summed E-state index contributed by atoms with van der Waals surface area (Å²) in [6, 6.07) is 2.96. The van der Waals surface area contributed by atoms with Crippen LogP contribution in [0.4, 0.5) is 0 Å². The van der Waals surface area contributed by atoms with E-state index in [0.29, 0.717) is 0 Å². The van der Waals surface area contributed by atoms with E-state index in [1.807, 2.05) is 0 Å². The average molecular weight is 216 g/mol. The quantitative estimate of drug-likeness (QED) is 0.733. The Morgan fingerprint density at radius 2 is 1.25 bits per heavy atom. The first-order valence-corrected chi connectivity index (χ1v) is 4.44. The third kappa shape index (κ3) is 1.95. The molecular weight excluding hydrogens is 208 g/mol. The van der Waals surface area contributed by atoms with Gasteiger partial charge < -0.3 is 10.2 Å². The lowest BCUT2D eigenvalue weighted by molar-refractivity contribution is 0.455. The van der Waals surface area contributed by atoms with Crippen LogP contribution in [0.3, 0.4) is 0 Å². The molecule has 2 rings (SSSR count). The number of hydrogen-bond acceptors (Lipinski definition) is 6. The molecule has 2 heterocycles. The summed E-state index contributed by atoms with van der Waals surface area (Å²) in [6.07, 6.45) is 5.48. The van der Waals surface area contributed by atoms with Crippen LogP contribution in [-0.2, 0) is 0 Å². The van der Waals surface area contributed by atoms with Gasteiger partial charge in [-0.2, -0.15) is 0 Å². The third-order valence-electron chi connectivity index (χ3n) is 1.87. The van der Waals surface area contributed by atoms with Gasteiger partial charge >= 0.3 is 0 Å². The Labute approximate surface area is 91.0 Å². The highest BCUT2D eigenvalue weighted by molar-refractivity contribution is 5.79. The first kappa shape index (κ1) is 10.0. The number of hydrogen-bond donors (Lipinski definition) is 2. The summed E-state index contributed by atoms with van der Waals surface area (Å²) in [7, 11) is 0. The van der Waals surface area contributed by atoms with E-state index >= 15 is 0 Å². The maximum atomic E-state index is 9.72. The highest BCUT2D eigenvalue weighted by atomic mass is 16.3. The van der Waals surface area contributed by atoms with Crippen molar-refractivity contribution in [3.63, 3.8) is 0 Å². The van der Waals surface area contributed by atoms with Crippen LogP contribution >= 0.6 is 0 Å². The minimum atomic E-state index is -0.346. The van der Waals surface area contributed by atoms with Gasteiger partial charge in [-0.1, -0.05) is 0 Å². The molecule has 2 aromatic heterocycles. The Kier molecular flexibility index (Phi) is 2.73. The van der Waals surface area contributed by atoms with Crippen molar-refractivity contribution in [3.05, 3.63) is 48.6 Å². The molecule has 0 spiro atoms. The SMILES string of the molecule is O/C(=C(/O)c1ccncn1)c1ccncn1. The van der Waals surface area contributed by atoms with Crippen molar-refractivity contribution in [1.29, 1.82) is 0 Å². The van der Waals surface area contributed by atoms with Gasteiger partial charge in [-0.05, 0) is 12.1 Å². The van der Waals surface area contributed by atoms with Gasteiger partial charge in [0.1, 0.15) is 24.0 Å². The Hall–Kier alpha value is -2.50. The molecule has 6 nitrogen and oxygen atoms in total. The van der Waals surface area contributed by atoms with Crippen LogP contribution < -0.4 is 0 Å². The summed E-state index contributed by atoms with van der Waals surface area (Å²) in [5.41, 5.74) is 0.456. The summed E-state index contributed by atoms with van der Waals surface area (Å²) >= 11 is 0. The fourth-order valence-electron chi connectivity index (χ4n) is 1.10. The van der Waals surface area contributed by atoms with Crippen molar-refractivity contribution in [1.82, 2.24) is 19.9 Å². The first-order chi connectivity index (χ1) is 7.79. The van der Waals surface area contributed by atoms with E-state index < -0.39 is 0 Å². The molecule has 16 heavy (non-hydrogen) atoms. The van der Waals surface area contributed by atoms with Crippen molar-refractivity contribution in [2.45, 2.75) is 0 Å². The molecule has 0 saturated heterocycles. The van der Waals surface area contributed by atoms with Crippen LogP contribution in [0, 0.1) is 0 Å². The van der Waals surface area contributed by atoms with Gasteiger partial charge in [0.2, 0.25) is 0 Å². The van der Waals surface area contributed by atoms with E-state index in [1.165, 1.54) is 37.2 Å². The van der Waals surface area contributed by atoms with E-state index in [0.717, 1.165) is 0 Å². The van der Waals surface area contributed by atoms with Gasteiger partial charge in [0.05, 0.1) is 0 Å². The number of aliphatic hydroxyl groups is 2. The number of nitrogens with zero attached hydrogens (tertiary/aromatic N) is 4. The average Bonchev–Trinajstić information content (AvgIpc) is 2.39. The number of aromatic nitrogens is 4. The van der Waals surface area contributed by atoms with Crippen LogP contribution in [0.15, 0.2) is 37.2 Å². The fraction of sp³-hybridized carbons (Fsp3) is 0. The van der Waals surface area contributed by atoms with Crippen molar-refractivity contribution in [3.8, 4) is 0 Å². The second-order valence-corrected chi connectivity index (χ2v) is 2.89. The summed E-state index contributed by atoms with van der Waals surface area (Å²) in [6.45, 7) is 0. The summed E-state index contributed by atoms with van der Waals surface area (Å²) in [5.74, 6) is -0.692. The maximum Gasteiger partial charge on any atom is 0.186 e. The highest BCUT2D eigenvalue weighted by Gasteiger charge is 2.10. The lowest BCUT2D eigenvalue weighted by Gasteiger charge is -2.02. The van der Waals surface area contributed by atoms with Gasteiger partial charge in [-0.25, -0.2) is 19.9 Å². The minimum Gasteiger partial charge on any atom is -0.503 e. The Morgan fingerprint density at radius 1 is 0.812 bits per heavy atom. The normalized spacial score (nSPS) is 12.0. The standard InChI is InChI=1S/C10H8N4O2/c15-9(7-1-3-11-5-13-7)10(16)8-2-4-12-6-14-8/h1-6,15-16H/b10-9+. The second kappa shape index (κ2) is 4.35. The second-order valence-electron chi connectivity index (χ2n) is 2.89. The summed E-state index contributed by atoms with van der Waals surface area (Å²) in [5, 5.41) is 19.4. The van der Waals surface area contributed by atoms with E-state index in [-0.39, 0.29) is 22.9 Å². The van der Waals surface area contributed by atoms with Crippen LogP contribution in [0.25, 0.3) is 11.5 Å². The smallest absolute Gasteiger partial charge is 0.186 e. The highest BCUT2D eigenvalue weighted by Crippen LogP contribution is 2.17. The zero-order chi connectivity index (χ0) is 11.4. The predicted octanol–water partition coefficient (Wildman–Crippen LogP) is 1.21. The molecular formula is C10H8N4O2. The van der Waals surface area contributed by atoms with Crippen LogP contribution in [0.1, 0.15) is 11.4 Å². The Bertz CT molecular complexity index is 451. The Balaban J connectivity index is 2.43. The molecule has 0 amide bonds. The lowest BCUT2D eigenvalue weighted by atomic mass is 10.2. The van der Waals surface area contributed by atoms with Gasteiger partial charge in [0.15, 0.2) is 11.5 Å². The van der Waals surface area contributed by atoms with E-state index in [2.05, 4.69) is 19.9 Å². The molecule has 0 radical (unpaired) electrons. The molecule has 0 bridgehead atoms. The van der Waals surface area contributed by atoms with Crippen LogP contribution in [0.2, 0.25) is 0 Å². The van der Waals surface area contributed by atoms with Crippen molar-refractivity contribution in [2.24, 2.45) is 0 Å². The molecule has 0 aromatic carbocycles. The molecule has 0 aliphatic heterocycles. The third-order valence-corrected chi connectivity index (χ3v) is 1.87. The monoisotopic (exact) mass is 216 g/mol. The van der Waals surface area contributed by atoms with Crippen molar-refractivity contribution < 1.29 is 10.2 Å². The largest absolute Gasteiger partial charge is 0.503 e. The number of aliphatic hydroxyl groups excluding tert-OH is 2. The molecule has 0 aliphatic rings. The molecule has 0 fully saturated rings. The molecule has 80 valence electrons. The van der Waals surface area contributed by atoms with E-state index in [4.69, 9.17) is 0 Å². The van der Waals surface area contributed by atoms with Crippen LogP contribution in [-0.4, -0.2) is 30.1 Å². The molecule has 0 atom stereocenters. The number of rotatable bonds is 2. The van der Waals surface area contributed by atoms with Gasteiger partial charge in [-0.15, -0.1) is 0 Å². The zero-order valence-corrected chi connectivity index (χ0v) is 8.15. The molecule has 0 unspecified atom stereocenters. The molecule has 0 saturated carbocycles. The summed E-state index contributed by atoms with van der Waals surface area (Å²) in [4.78, 5) is 15.0. The topological polar surface area (TPSA) is 92.0 Å². The van der Waals surface area contributed by atoms with Crippen molar-refractivity contribution >= 4 is 11.5 Å². The molecule has 6 heteroatoms. The van der Waals surface area contributed by atoms with Gasteiger partial charge in [-0.3, -0.25) is 0 Å². The fourth-order valence-corrected chi connectivity index (χ4v) is 1.10. The van der Waals surface area contributed by atoms with Crippen molar-refractivity contribution in [2.75, 3.05) is 0 Å². The molecule has 0 aliphatic carbocycles. The predicted molar refractivity (Wildman–Crippen MR) is 56.1 cm³/mol. The van der Waals surface area contributed by atoms with Crippen LogP contribution in [0.5, 0.6) is 0 Å². The first-order valence-electron chi connectivity index (χ1n) is 4.44. The minimum absolute atomic E-state index is 0.228. The molecule has 2 N–H and O–H groups in total. The van der Waals surface area contributed by atoms with Gasteiger partial charge in [0.25, 0.3) is 0 Å². The van der Waals surface area contributed by atoms with E-state index in [9.17, 15) is 10.2 Å². The molecule has 2 aromatic rings.